The van der Waals surface area contributed by atoms with Crippen LogP contribution in [0.15, 0.2) is 52.5 Å². The maximum atomic E-state index is 13.1. The Morgan fingerprint density at radius 2 is 1.83 bits per heavy atom. The SMILES string of the molecule is CCCCOc1ccc(Br)cc1C=C1C(=O)NC(=O)N(c2ccc(OC)cc2)C1=O. The predicted molar refractivity (Wildman–Crippen MR) is 117 cm³/mol. The van der Waals surface area contributed by atoms with Crippen LogP contribution in [0, 0.1) is 0 Å². The Kier molecular flexibility index (Phi) is 6.89. The van der Waals surface area contributed by atoms with Crippen LogP contribution in [0.25, 0.3) is 6.08 Å². The van der Waals surface area contributed by atoms with E-state index in [0.29, 0.717) is 29.4 Å². The molecule has 0 saturated carbocycles. The smallest absolute Gasteiger partial charge is 0.335 e. The first-order valence-electron chi connectivity index (χ1n) is 9.42. The van der Waals surface area contributed by atoms with E-state index in [1.807, 2.05) is 6.07 Å². The average molecular weight is 473 g/mol. The number of urea groups is 1. The van der Waals surface area contributed by atoms with Crippen molar-refractivity contribution in [3.05, 3.63) is 58.1 Å². The molecule has 1 aliphatic rings. The molecule has 1 fully saturated rings. The number of unbranched alkanes of at least 4 members (excludes halogenated alkanes) is 1. The van der Waals surface area contributed by atoms with Gasteiger partial charge in [-0.3, -0.25) is 14.9 Å². The summed E-state index contributed by atoms with van der Waals surface area (Å²) in [6.45, 7) is 2.58. The van der Waals surface area contributed by atoms with E-state index in [2.05, 4.69) is 28.2 Å². The second-order valence-corrected chi connectivity index (χ2v) is 7.46. The molecule has 0 aromatic heterocycles. The number of ether oxygens (including phenoxy) is 2. The monoisotopic (exact) mass is 472 g/mol. The number of hydrogen-bond donors (Lipinski definition) is 1. The first-order valence-corrected chi connectivity index (χ1v) is 10.2. The number of nitrogens with one attached hydrogen (secondary N) is 1. The molecule has 1 heterocycles. The average Bonchev–Trinajstić information content (AvgIpc) is 2.73. The third kappa shape index (κ3) is 4.71. The second-order valence-electron chi connectivity index (χ2n) is 6.54. The topological polar surface area (TPSA) is 84.9 Å². The molecule has 0 spiro atoms. The van der Waals surface area contributed by atoms with Crippen LogP contribution >= 0.6 is 15.9 Å². The largest absolute Gasteiger partial charge is 0.497 e. The molecule has 0 atom stereocenters. The van der Waals surface area contributed by atoms with Crippen molar-refractivity contribution in [3.8, 4) is 11.5 Å². The van der Waals surface area contributed by atoms with Crippen LogP contribution in [-0.2, 0) is 9.59 Å². The minimum absolute atomic E-state index is 0.163. The second kappa shape index (κ2) is 9.58. The Labute approximate surface area is 182 Å². The van der Waals surface area contributed by atoms with Crippen molar-refractivity contribution >= 4 is 45.5 Å². The van der Waals surface area contributed by atoms with Crippen molar-refractivity contribution in [1.29, 1.82) is 0 Å². The fourth-order valence-electron chi connectivity index (χ4n) is 2.87. The molecule has 2 aromatic rings. The van der Waals surface area contributed by atoms with Gasteiger partial charge in [-0.1, -0.05) is 29.3 Å². The summed E-state index contributed by atoms with van der Waals surface area (Å²) in [6, 6.07) is 10.9. The van der Waals surface area contributed by atoms with Crippen molar-refractivity contribution in [1.82, 2.24) is 5.32 Å². The first-order chi connectivity index (χ1) is 14.4. The number of carbonyl (C=O) groups is 3. The highest BCUT2D eigenvalue weighted by molar-refractivity contribution is 9.10. The van der Waals surface area contributed by atoms with Gasteiger partial charge in [0.25, 0.3) is 11.8 Å². The van der Waals surface area contributed by atoms with Gasteiger partial charge in [-0.15, -0.1) is 0 Å². The molecule has 30 heavy (non-hydrogen) atoms. The third-order valence-electron chi connectivity index (χ3n) is 4.46. The van der Waals surface area contributed by atoms with Crippen LogP contribution in [0.1, 0.15) is 25.3 Å². The number of anilines is 1. The van der Waals surface area contributed by atoms with Crippen LogP contribution in [0.3, 0.4) is 0 Å². The zero-order chi connectivity index (χ0) is 21.7. The van der Waals surface area contributed by atoms with Crippen molar-refractivity contribution in [2.75, 3.05) is 18.6 Å². The summed E-state index contributed by atoms with van der Waals surface area (Å²) in [5.41, 5.74) is 0.720. The van der Waals surface area contributed by atoms with Crippen LogP contribution in [0.2, 0.25) is 0 Å². The molecule has 0 unspecified atom stereocenters. The van der Waals surface area contributed by atoms with Crippen molar-refractivity contribution in [3.63, 3.8) is 0 Å². The summed E-state index contributed by atoms with van der Waals surface area (Å²) in [5, 5.41) is 2.22. The maximum absolute atomic E-state index is 13.1. The van der Waals surface area contributed by atoms with E-state index in [9.17, 15) is 14.4 Å². The normalized spacial score (nSPS) is 15.4. The summed E-state index contributed by atoms with van der Waals surface area (Å²) in [6.07, 6.45) is 3.30. The van der Waals surface area contributed by atoms with Gasteiger partial charge in [0, 0.05) is 10.0 Å². The minimum Gasteiger partial charge on any atom is -0.497 e. The standard InChI is InChI=1S/C22H21BrN2O5/c1-3-4-11-30-19-10-5-15(23)12-14(19)13-18-20(26)24-22(28)25(21(18)27)16-6-8-17(29-2)9-7-16/h5-10,12-13H,3-4,11H2,1-2H3,(H,24,26,28). The number of hydrogen-bond acceptors (Lipinski definition) is 5. The molecule has 8 heteroatoms. The maximum Gasteiger partial charge on any atom is 0.335 e. The Hall–Kier alpha value is -3.13. The molecule has 2 aromatic carbocycles. The van der Waals surface area contributed by atoms with Gasteiger partial charge in [0.1, 0.15) is 17.1 Å². The lowest BCUT2D eigenvalue weighted by Gasteiger charge is -2.26. The van der Waals surface area contributed by atoms with Gasteiger partial charge in [-0.25, -0.2) is 9.69 Å². The fourth-order valence-corrected chi connectivity index (χ4v) is 3.25. The summed E-state index contributed by atoms with van der Waals surface area (Å²) in [5.74, 6) is -0.339. The summed E-state index contributed by atoms with van der Waals surface area (Å²) in [4.78, 5) is 38.8. The number of halogens is 1. The minimum atomic E-state index is -0.805. The van der Waals surface area contributed by atoms with E-state index in [0.717, 1.165) is 22.2 Å². The summed E-state index contributed by atoms with van der Waals surface area (Å²) >= 11 is 3.40. The zero-order valence-electron chi connectivity index (χ0n) is 16.6. The number of carbonyl (C=O) groups excluding carboxylic acids is 3. The molecular formula is C22H21BrN2O5. The van der Waals surface area contributed by atoms with E-state index >= 15 is 0 Å². The van der Waals surface area contributed by atoms with E-state index in [1.165, 1.54) is 13.2 Å². The lowest BCUT2D eigenvalue weighted by molar-refractivity contribution is -0.122. The fraction of sp³-hybridized carbons (Fsp3) is 0.227. The summed E-state index contributed by atoms with van der Waals surface area (Å²) in [7, 11) is 1.52. The Morgan fingerprint density at radius 1 is 1.10 bits per heavy atom. The third-order valence-corrected chi connectivity index (χ3v) is 4.95. The van der Waals surface area contributed by atoms with E-state index in [4.69, 9.17) is 9.47 Å². The van der Waals surface area contributed by atoms with Crippen LogP contribution < -0.4 is 19.7 Å². The van der Waals surface area contributed by atoms with Gasteiger partial charge in [-0.05, 0) is 55.0 Å². The van der Waals surface area contributed by atoms with E-state index in [-0.39, 0.29) is 5.57 Å². The molecule has 156 valence electrons. The number of imide groups is 2. The number of amides is 4. The van der Waals surface area contributed by atoms with Gasteiger partial charge < -0.3 is 9.47 Å². The molecule has 0 radical (unpaired) electrons. The highest BCUT2D eigenvalue weighted by Crippen LogP contribution is 2.28. The van der Waals surface area contributed by atoms with Crippen molar-refractivity contribution in [2.45, 2.75) is 19.8 Å². The lowest BCUT2D eigenvalue weighted by atomic mass is 10.1. The summed E-state index contributed by atoms with van der Waals surface area (Å²) < 4.78 is 11.7. The quantitative estimate of drug-likeness (QED) is 0.368. The van der Waals surface area contributed by atoms with E-state index in [1.54, 1.807) is 36.4 Å². The molecule has 0 aliphatic carbocycles. The number of barbiturate groups is 1. The molecule has 1 saturated heterocycles. The first kappa shape index (κ1) is 21.6. The number of rotatable bonds is 7. The van der Waals surface area contributed by atoms with Gasteiger partial charge in [0.15, 0.2) is 0 Å². The van der Waals surface area contributed by atoms with Gasteiger partial charge >= 0.3 is 6.03 Å². The van der Waals surface area contributed by atoms with Crippen molar-refractivity contribution in [2.24, 2.45) is 0 Å². The molecular weight excluding hydrogens is 452 g/mol. The zero-order valence-corrected chi connectivity index (χ0v) is 18.2. The molecule has 0 bridgehead atoms. The van der Waals surface area contributed by atoms with Gasteiger partial charge in [0.2, 0.25) is 0 Å². The number of methoxy groups -OCH3 is 1. The Balaban J connectivity index is 1.97. The highest BCUT2D eigenvalue weighted by Gasteiger charge is 2.37. The molecule has 1 aliphatic heterocycles. The van der Waals surface area contributed by atoms with Gasteiger partial charge in [-0.2, -0.15) is 0 Å². The van der Waals surface area contributed by atoms with Crippen molar-refractivity contribution < 1.29 is 23.9 Å². The lowest BCUT2D eigenvalue weighted by Crippen LogP contribution is -2.54. The van der Waals surface area contributed by atoms with Gasteiger partial charge in [0.05, 0.1) is 19.4 Å². The van der Waals surface area contributed by atoms with Crippen LogP contribution in [-0.4, -0.2) is 31.6 Å². The molecule has 1 N–H and O–H groups in total. The Morgan fingerprint density at radius 3 is 2.50 bits per heavy atom. The predicted octanol–water partition coefficient (Wildman–Crippen LogP) is 4.30. The molecule has 7 nitrogen and oxygen atoms in total. The Bertz CT molecular complexity index is 1000. The molecule has 4 amide bonds. The number of benzene rings is 2. The van der Waals surface area contributed by atoms with E-state index < -0.39 is 17.8 Å². The molecule has 3 rings (SSSR count). The van der Waals surface area contributed by atoms with Crippen LogP contribution in [0.4, 0.5) is 10.5 Å². The van der Waals surface area contributed by atoms with Crippen LogP contribution in [0.5, 0.6) is 11.5 Å². The highest BCUT2D eigenvalue weighted by atomic mass is 79.9. The number of nitrogens with zero attached hydrogens (tertiary/aromatic N) is 1.